The summed E-state index contributed by atoms with van der Waals surface area (Å²) in [5.74, 6) is 1.47. The maximum absolute atomic E-state index is 12.9. The van der Waals surface area contributed by atoms with E-state index in [2.05, 4.69) is 25.8 Å². The highest BCUT2D eigenvalue weighted by atomic mass is 19.1. The standard InChI is InChI=1S/C17H16FN5O/c1-24-15-8-6-14(7-9-15)21-16-11-20-23-17(22-16)19-10-12-2-4-13(18)5-3-12/h2-9,11H,10H2,1H3,(H2,19,21,22,23). The molecule has 0 bridgehead atoms. The van der Waals surface area contributed by atoms with Gasteiger partial charge in [-0.3, -0.25) is 0 Å². The van der Waals surface area contributed by atoms with E-state index in [9.17, 15) is 4.39 Å². The van der Waals surface area contributed by atoms with Gasteiger partial charge in [-0.05, 0) is 42.0 Å². The fourth-order valence-electron chi connectivity index (χ4n) is 2.04. The number of halogens is 1. The Morgan fingerprint density at radius 1 is 1.04 bits per heavy atom. The third-order valence-electron chi connectivity index (χ3n) is 3.29. The molecule has 7 heteroatoms. The molecule has 2 aromatic carbocycles. The van der Waals surface area contributed by atoms with E-state index in [4.69, 9.17) is 4.74 Å². The predicted molar refractivity (Wildman–Crippen MR) is 89.8 cm³/mol. The Labute approximate surface area is 138 Å². The van der Waals surface area contributed by atoms with Crippen molar-refractivity contribution in [2.45, 2.75) is 6.54 Å². The lowest BCUT2D eigenvalue weighted by Gasteiger charge is -2.08. The minimum Gasteiger partial charge on any atom is -0.497 e. The van der Waals surface area contributed by atoms with Crippen molar-refractivity contribution in [1.82, 2.24) is 15.2 Å². The first-order valence-electron chi connectivity index (χ1n) is 7.32. The second-order valence-corrected chi connectivity index (χ2v) is 5.00. The van der Waals surface area contributed by atoms with Gasteiger partial charge in [0.05, 0.1) is 13.3 Å². The zero-order chi connectivity index (χ0) is 16.8. The van der Waals surface area contributed by atoms with Gasteiger partial charge in [-0.25, -0.2) is 4.39 Å². The van der Waals surface area contributed by atoms with E-state index in [0.29, 0.717) is 18.3 Å². The number of hydrogen-bond donors (Lipinski definition) is 2. The van der Waals surface area contributed by atoms with Crippen LogP contribution in [0.3, 0.4) is 0 Å². The van der Waals surface area contributed by atoms with Crippen molar-refractivity contribution in [2.75, 3.05) is 17.7 Å². The summed E-state index contributed by atoms with van der Waals surface area (Å²) < 4.78 is 18.0. The quantitative estimate of drug-likeness (QED) is 0.724. The molecule has 1 aromatic heterocycles. The third-order valence-corrected chi connectivity index (χ3v) is 3.29. The van der Waals surface area contributed by atoms with Gasteiger partial charge in [-0.2, -0.15) is 10.1 Å². The number of hydrogen-bond acceptors (Lipinski definition) is 6. The minimum atomic E-state index is -0.262. The van der Waals surface area contributed by atoms with E-state index in [1.54, 1.807) is 19.2 Å². The van der Waals surface area contributed by atoms with Crippen LogP contribution >= 0.6 is 0 Å². The van der Waals surface area contributed by atoms with Crippen LogP contribution in [0, 0.1) is 5.82 Å². The number of nitrogens with one attached hydrogen (secondary N) is 2. The number of methoxy groups -OCH3 is 1. The Hall–Kier alpha value is -3.22. The van der Waals surface area contributed by atoms with Gasteiger partial charge in [0.1, 0.15) is 11.6 Å². The SMILES string of the molecule is COc1ccc(Nc2cnnc(NCc3ccc(F)cc3)n2)cc1. The fourth-order valence-corrected chi connectivity index (χ4v) is 2.04. The first-order chi connectivity index (χ1) is 11.7. The number of benzene rings is 2. The molecular formula is C17H16FN5O. The third kappa shape index (κ3) is 4.16. The van der Waals surface area contributed by atoms with E-state index in [1.807, 2.05) is 24.3 Å². The van der Waals surface area contributed by atoms with Crippen molar-refractivity contribution >= 4 is 17.5 Å². The maximum Gasteiger partial charge on any atom is 0.244 e. The Kier molecular flexibility index (Phi) is 4.81. The van der Waals surface area contributed by atoms with E-state index >= 15 is 0 Å². The highest BCUT2D eigenvalue weighted by molar-refractivity contribution is 5.57. The smallest absolute Gasteiger partial charge is 0.244 e. The number of anilines is 3. The maximum atomic E-state index is 12.9. The Morgan fingerprint density at radius 2 is 1.79 bits per heavy atom. The molecule has 0 spiro atoms. The van der Waals surface area contributed by atoms with Crippen LogP contribution < -0.4 is 15.4 Å². The second-order valence-electron chi connectivity index (χ2n) is 5.00. The average molecular weight is 325 g/mol. The highest BCUT2D eigenvalue weighted by Gasteiger charge is 2.02. The van der Waals surface area contributed by atoms with Crippen molar-refractivity contribution in [3.8, 4) is 5.75 Å². The minimum absolute atomic E-state index is 0.262. The molecule has 122 valence electrons. The molecule has 0 aliphatic carbocycles. The monoisotopic (exact) mass is 325 g/mol. The van der Waals surface area contributed by atoms with Crippen LogP contribution in [-0.2, 0) is 6.54 Å². The largest absolute Gasteiger partial charge is 0.497 e. The lowest BCUT2D eigenvalue weighted by molar-refractivity contribution is 0.415. The van der Waals surface area contributed by atoms with Gasteiger partial charge in [0.2, 0.25) is 5.95 Å². The summed E-state index contributed by atoms with van der Waals surface area (Å²) in [5, 5.41) is 14.1. The zero-order valence-corrected chi connectivity index (χ0v) is 13.0. The topological polar surface area (TPSA) is 72.0 Å². The van der Waals surface area contributed by atoms with Crippen LogP contribution in [0.15, 0.2) is 54.7 Å². The Balaban J connectivity index is 1.63. The molecule has 0 amide bonds. The molecule has 0 atom stereocenters. The van der Waals surface area contributed by atoms with Gasteiger partial charge in [-0.1, -0.05) is 12.1 Å². The van der Waals surface area contributed by atoms with Gasteiger partial charge >= 0.3 is 0 Å². The summed E-state index contributed by atoms with van der Waals surface area (Å²) in [5.41, 5.74) is 1.79. The van der Waals surface area contributed by atoms with Crippen molar-refractivity contribution in [2.24, 2.45) is 0 Å². The highest BCUT2D eigenvalue weighted by Crippen LogP contribution is 2.18. The van der Waals surface area contributed by atoms with E-state index in [0.717, 1.165) is 17.0 Å². The molecule has 0 aliphatic heterocycles. The van der Waals surface area contributed by atoms with Crippen LogP contribution in [0.1, 0.15) is 5.56 Å². The first-order valence-corrected chi connectivity index (χ1v) is 7.32. The van der Waals surface area contributed by atoms with E-state index in [1.165, 1.54) is 18.3 Å². The lowest BCUT2D eigenvalue weighted by atomic mass is 10.2. The Bertz CT molecular complexity index is 793. The average Bonchev–Trinajstić information content (AvgIpc) is 2.62. The van der Waals surface area contributed by atoms with Crippen LogP contribution in [-0.4, -0.2) is 22.3 Å². The zero-order valence-electron chi connectivity index (χ0n) is 13.0. The number of nitrogens with zero attached hydrogens (tertiary/aromatic N) is 3. The summed E-state index contributed by atoms with van der Waals surface area (Å²) >= 11 is 0. The van der Waals surface area contributed by atoms with Crippen molar-refractivity contribution in [3.05, 3.63) is 66.1 Å². The van der Waals surface area contributed by atoms with Gasteiger partial charge in [0, 0.05) is 12.2 Å². The van der Waals surface area contributed by atoms with Gasteiger partial charge in [0.25, 0.3) is 0 Å². The number of rotatable bonds is 6. The summed E-state index contributed by atoms with van der Waals surface area (Å²) in [6.07, 6.45) is 1.54. The summed E-state index contributed by atoms with van der Waals surface area (Å²) in [7, 11) is 1.62. The molecule has 0 unspecified atom stereocenters. The van der Waals surface area contributed by atoms with E-state index < -0.39 is 0 Å². The van der Waals surface area contributed by atoms with E-state index in [-0.39, 0.29) is 5.82 Å². The molecule has 0 saturated heterocycles. The van der Waals surface area contributed by atoms with Crippen LogP contribution in [0.4, 0.5) is 21.8 Å². The first kappa shape index (κ1) is 15.7. The van der Waals surface area contributed by atoms with Gasteiger partial charge in [-0.15, -0.1) is 5.10 Å². The second kappa shape index (κ2) is 7.36. The summed E-state index contributed by atoms with van der Waals surface area (Å²) in [4.78, 5) is 4.34. The molecule has 6 nitrogen and oxygen atoms in total. The molecule has 0 fully saturated rings. The summed E-state index contributed by atoms with van der Waals surface area (Å²) in [6, 6.07) is 13.7. The molecular weight excluding hydrogens is 309 g/mol. The lowest BCUT2D eigenvalue weighted by Crippen LogP contribution is -2.06. The molecule has 0 aliphatic rings. The van der Waals surface area contributed by atoms with Crippen LogP contribution in [0.5, 0.6) is 5.75 Å². The molecule has 0 saturated carbocycles. The van der Waals surface area contributed by atoms with Gasteiger partial charge in [0.15, 0.2) is 5.82 Å². The molecule has 3 aromatic rings. The van der Waals surface area contributed by atoms with Crippen LogP contribution in [0.2, 0.25) is 0 Å². The van der Waals surface area contributed by atoms with Gasteiger partial charge < -0.3 is 15.4 Å². The van der Waals surface area contributed by atoms with Crippen molar-refractivity contribution < 1.29 is 9.13 Å². The molecule has 24 heavy (non-hydrogen) atoms. The normalized spacial score (nSPS) is 10.2. The van der Waals surface area contributed by atoms with Crippen LogP contribution in [0.25, 0.3) is 0 Å². The predicted octanol–water partition coefficient (Wildman–Crippen LogP) is 3.38. The molecule has 3 rings (SSSR count). The summed E-state index contributed by atoms with van der Waals surface area (Å²) in [6.45, 7) is 0.480. The number of ether oxygens (including phenoxy) is 1. The van der Waals surface area contributed by atoms with Crippen molar-refractivity contribution in [3.63, 3.8) is 0 Å². The Morgan fingerprint density at radius 3 is 2.50 bits per heavy atom. The fraction of sp³-hybridized carbons (Fsp3) is 0.118. The number of aromatic nitrogens is 3. The van der Waals surface area contributed by atoms with Crippen molar-refractivity contribution in [1.29, 1.82) is 0 Å². The molecule has 1 heterocycles. The molecule has 2 N–H and O–H groups in total. The molecule has 0 radical (unpaired) electrons.